The van der Waals surface area contributed by atoms with Gasteiger partial charge in [-0.05, 0) is 33.4 Å². The van der Waals surface area contributed by atoms with Crippen molar-refractivity contribution in [3.63, 3.8) is 0 Å². The number of hydrogen-bond donors (Lipinski definition) is 0. The van der Waals surface area contributed by atoms with Gasteiger partial charge in [0.2, 0.25) is 0 Å². The maximum absolute atomic E-state index is 11.6. The first-order valence-corrected chi connectivity index (χ1v) is 6.95. The molecule has 1 unspecified atom stereocenters. The van der Waals surface area contributed by atoms with Crippen LogP contribution in [0.15, 0.2) is 0 Å². The molecule has 0 bridgehead atoms. The average Bonchev–Trinajstić information content (AvgIpc) is 2.29. The fourth-order valence-electron chi connectivity index (χ4n) is 2.70. The minimum absolute atomic E-state index is 0.0537. The SMILES string of the molecule is CCOC(=O)CC(CC1CCCCC1)N(C)C. The highest BCUT2D eigenvalue weighted by Crippen LogP contribution is 2.29. The topological polar surface area (TPSA) is 29.5 Å². The van der Waals surface area contributed by atoms with Gasteiger partial charge in [0, 0.05) is 6.04 Å². The Morgan fingerprint density at radius 2 is 1.94 bits per heavy atom. The third-order valence-electron chi connectivity index (χ3n) is 3.77. The molecule has 1 fully saturated rings. The Hall–Kier alpha value is -0.570. The number of carbonyl (C=O) groups is 1. The molecule has 0 heterocycles. The summed E-state index contributed by atoms with van der Waals surface area (Å²) in [4.78, 5) is 13.7. The maximum Gasteiger partial charge on any atom is 0.307 e. The summed E-state index contributed by atoms with van der Waals surface area (Å²) in [5.74, 6) is 0.757. The highest BCUT2D eigenvalue weighted by atomic mass is 16.5. The Morgan fingerprint density at radius 1 is 1.29 bits per heavy atom. The van der Waals surface area contributed by atoms with Crippen molar-refractivity contribution < 1.29 is 9.53 Å². The maximum atomic E-state index is 11.6. The van der Waals surface area contributed by atoms with Crippen molar-refractivity contribution in [2.45, 2.75) is 57.9 Å². The van der Waals surface area contributed by atoms with Gasteiger partial charge in [-0.2, -0.15) is 0 Å². The van der Waals surface area contributed by atoms with Gasteiger partial charge in [0.15, 0.2) is 0 Å². The van der Waals surface area contributed by atoms with Crippen molar-refractivity contribution >= 4 is 5.97 Å². The van der Waals surface area contributed by atoms with Crippen LogP contribution in [0.2, 0.25) is 0 Å². The second kappa shape index (κ2) is 7.70. The van der Waals surface area contributed by atoms with Crippen molar-refractivity contribution in [3.05, 3.63) is 0 Å². The summed E-state index contributed by atoms with van der Waals surface area (Å²) in [7, 11) is 4.12. The molecule has 17 heavy (non-hydrogen) atoms. The zero-order chi connectivity index (χ0) is 12.7. The molecule has 3 nitrogen and oxygen atoms in total. The van der Waals surface area contributed by atoms with E-state index in [1.807, 2.05) is 6.92 Å². The molecule has 1 rings (SSSR count). The first kappa shape index (κ1) is 14.5. The Morgan fingerprint density at radius 3 is 2.47 bits per heavy atom. The molecule has 1 atom stereocenters. The number of hydrogen-bond acceptors (Lipinski definition) is 3. The Balaban J connectivity index is 2.39. The normalized spacial score (nSPS) is 19.3. The molecule has 0 aliphatic heterocycles. The summed E-state index contributed by atoms with van der Waals surface area (Å²) >= 11 is 0. The molecule has 0 aromatic rings. The molecule has 0 radical (unpaired) electrons. The smallest absolute Gasteiger partial charge is 0.307 e. The van der Waals surface area contributed by atoms with E-state index in [4.69, 9.17) is 4.74 Å². The van der Waals surface area contributed by atoms with Gasteiger partial charge < -0.3 is 9.64 Å². The summed E-state index contributed by atoms with van der Waals surface area (Å²) in [5.41, 5.74) is 0. The molecule has 1 aliphatic rings. The lowest BCUT2D eigenvalue weighted by atomic mass is 9.84. The first-order valence-electron chi connectivity index (χ1n) is 6.95. The number of esters is 1. The van der Waals surface area contributed by atoms with Crippen LogP contribution in [0.5, 0.6) is 0 Å². The molecule has 0 spiro atoms. The van der Waals surface area contributed by atoms with Crippen LogP contribution in [0, 0.1) is 5.92 Å². The lowest BCUT2D eigenvalue weighted by Gasteiger charge is -2.30. The van der Waals surface area contributed by atoms with Crippen LogP contribution in [-0.2, 0) is 9.53 Å². The number of nitrogens with zero attached hydrogens (tertiary/aromatic N) is 1. The zero-order valence-electron chi connectivity index (χ0n) is 11.6. The third kappa shape index (κ3) is 5.53. The van der Waals surface area contributed by atoms with E-state index in [-0.39, 0.29) is 5.97 Å². The van der Waals surface area contributed by atoms with Gasteiger partial charge in [0.25, 0.3) is 0 Å². The second-order valence-corrected chi connectivity index (χ2v) is 5.37. The summed E-state index contributed by atoms with van der Waals surface area (Å²) < 4.78 is 5.05. The van der Waals surface area contributed by atoms with E-state index in [0.717, 1.165) is 12.3 Å². The molecule has 0 aromatic heterocycles. The van der Waals surface area contributed by atoms with E-state index in [1.165, 1.54) is 32.1 Å². The third-order valence-corrected chi connectivity index (χ3v) is 3.77. The molecular weight excluding hydrogens is 214 g/mol. The summed E-state index contributed by atoms with van der Waals surface area (Å²) in [5, 5.41) is 0. The van der Waals surface area contributed by atoms with E-state index >= 15 is 0 Å². The molecule has 0 amide bonds. The number of carbonyl (C=O) groups excluding carboxylic acids is 1. The van der Waals surface area contributed by atoms with Gasteiger partial charge in [-0.3, -0.25) is 4.79 Å². The molecule has 1 saturated carbocycles. The predicted octanol–water partition coefficient (Wildman–Crippen LogP) is 2.84. The highest BCUT2D eigenvalue weighted by Gasteiger charge is 2.22. The average molecular weight is 241 g/mol. The highest BCUT2D eigenvalue weighted by molar-refractivity contribution is 5.70. The molecular formula is C14H27NO2. The van der Waals surface area contributed by atoms with Crippen molar-refractivity contribution in [3.8, 4) is 0 Å². The van der Waals surface area contributed by atoms with Gasteiger partial charge in [-0.1, -0.05) is 32.1 Å². The summed E-state index contributed by atoms with van der Waals surface area (Å²) in [6.07, 6.45) is 8.49. The second-order valence-electron chi connectivity index (χ2n) is 5.37. The first-order chi connectivity index (χ1) is 8.13. The fourth-order valence-corrected chi connectivity index (χ4v) is 2.70. The van der Waals surface area contributed by atoms with Crippen molar-refractivity contribution in [2.75, 3.05) is 20.7 Å². The molecule has 0 N–H and O–H groups in total. The molecule has 100 valence electrons. The van der Waals surface area contributed by atoms with Gasteiger partial charge >= 0.3 is 5.97 Å². The lowest BCUT2D eigenvalue weighted by Crippen LogP contribution is -2.33. The lowest BCUT2D eigenvalue weighted by molar-refractivity contribution is -0.144. The minimum atomic E-state index is -0.0537. The van der Waals surface area contributed by atoms with Crippen LogP contribution in [0.4, 0.5) is 0 Å². The van der Waals surface area contributed by atoms with Crippen molar-refractivity contribution in [1.82, 2.24) is 4.90 Å². The minimum Gasteiger partial charge on any atom is -0.466 e. The molecule has 0 aromatic carbocycles. The van der Waals surface area contributed by atoms with Gasteiger partial charge in [-0.25, -0.2) is 0 Å². The number of rotatable bonds is 6. The van der Waals surface area contributed by atoms with Crippen LogP contribution in [0.3, 0.4) is 0 Å². The Labute approximate surface area is 106 Å². The molecule has 1 aliphatic carbocycles. The van der Waals surface area contributed by atoms with Crippen molar-refractivity contribution in [2.24, 2.45) is 5.92 Å². The van der Waals surface area contributed by atoms with E-state index in [1.54, 1.807) is 0 Å². The van der Waals surface area contributed by atoms with Gasteiger partial charge in [-0.15, -0.1) is 0 Å². The summed E-state index contributed by atoms with van der Waals surface area (Å²) in [6.45, 7) is 2.35. The largest absolute Gasteiger partial charge is 0.466 e. The standard InChI is InChI=1S/C14H27NO2/c1-4-17-14(16)11-13(15(2)3)10-12-8-6-5-7-9-12/h12-13H,4-11H2,1-3H3. The van der Waals surface area contributed by atoms with Crippen LogP contribution < -0.4 is 0 Å². The van der Waals surface area contributed by atoms with E-state index in [0.29, 0.717) is 19.1 Å². The zero-order valence-corrected chi connectivity index (χ0v) is 11.6. The number of ether oxygens (including phenoxy) is 1. The van der Waals surface area contributed by atoms with Crippen LogP contribution in [0.1, 0.15) is 51.9 Å². The van der Waals surface area contributed by atoms with Gasteiger partial charge in [0.1, 0.15) is 0 Å². The quantitative estimate of drug-likeness (QED) is 0.670. The Bertz CT molecular complexity index is 222. The summed E-state index contributed by atoms with van der Waals surface area (Å²) in [6, 6.07) is 0.345. The van der Waals surface area contributed by atoms with E-state index < -0.39 is 0 Å². The van der Waals surface area contributed by atoms with Crippen molar-refractivity contribution in [1.29, 1.82) is 0 Å². The molecule has 3 heteroatoms. The van der Waals surface area contributed by atoms with Gasteiger partial charge in [0.05, 0.1) is 13.0 Å². The van der Waals surface area contributed by atoms with E-state index in [9.17, 15) is 4.79 Å². The van der Waals surface area contributed by atoms with Crippen LogP contribution >= 0.6 is 0 Å². The van der Waals surface area contributed by atoms with Crippen LogP contribution in [0.25, 0.3) is 0 Å². The Kier molecular flexibility index (Phi) is 6.56. The van der Waals surface area contributed by atoms with Crippen LogP contribution in [-0.4, -0.2) is 37.6 Å². The van der Waals surface area contributed by atoms with E-state index in [2.05, 4.69) is 19.0 Å². The fraction of sp³-hybridized carbons (Fsp3) is 0.929. The monoisotopic (exact) mass is 241 g/mol. The predicted molar refractivity (Wildman–Crippen MR) is 69.9 cm³/mol. The molecule has 0 saturated heterocycles.